The molecule has 1 amide bonds. The van der Waals surface area contributed by atoms with Gasteiger partial charge < -0.3 is 9.55 Å². The van der Waals surface area contributed by atoms with Gasteiger partial charge in [0.1, 0.15) is 0 Å². The van der Waals surface area contributed by atoms with E-state index in [1.54, 1.807) is 12.5 Å². The van der Waals surface area contributed by atoms with Crippen molar-refractivity contribution in [2.75, 3.05) is 5.32 Å². The lowest BCUT2D eigenvalue weighted by molar-refractivity contribution is -0.116. The number of carbonyl (C=O) groups excluding carboxylic acids is 1. The zero-order valence-corrected chi connectivity index (χ0v) is 11.1. The van der Waals surface area contributed by atoms with Gasteiger partial charge in [0.15, 0.2) is 0 Å². The number of H-pyrrole nitrogens is 1. The Morgan fingerprint density at radius 3 is 3.05 bits per heavy atom. The monoisotopic (exact) mass is 269 g/mol. The minimum Gasteiger partial charge on any atom is -0.334 e. The number of rotatable bonds is 4. The van der Waals surface area contributed by atoms with E-state index in [9.17, 15) is 4.79 Å². The molecule has 0 fully saturated rings. The Morgan fingerprint density at radius 1 is 1.45 bits per heavy atom. The topological polar surface area (TPSA) is 75.6 Å². The Morgan fingerprint density at radius 2 is 2.30 bits per heavy atom. The Bertz CT molecular complexity index is 683. The molecular formula is C14H15N5O. The molecule has 3 rings (SSSR count). The summed E-state index contributed by atoms with van der Waals surface area (Å²) in [5, 5.41) is 2.78. The van der Waals surface area contributed by atoms with Gasteiger partial charge in [-0.25, -0.2) is 9.97 Å². The van der Waals surface area contributed by atoms with E-state index in [0.29, 0.717) is 12.4 Å². The summed E-state index contributed by atoms with van der Waals surface area (Å²) in [5.74, 6) is 0.402. The van der Waals surface area contributed by atoms with E-state index in [1.807, 2.05) is 42.0 Å². The molecule has 6 nitrogen and oxygen atoms in total. The van der Waals surface area contributed by atoms with Crippen molar-refractivity contribution < 1.29 is 4.79 Å². The van der Waals surface area contributed by atoms with Crippen LogP contribution in [0.4, 0.5) is 5.95 Å². The molecule has 6 heteroatoms. The summed E-state index contributed by atoms with van der Waals surface area (Å²) in [6.45, 7) is 1.97. The van der Waals surface area contributed by atoms with Crippen molar-refractivity contribution in [2.45, 2.75) is 19.4 Å². The van der Waals surface area contributed by atoms with Crippen LogP contribution in [-0.2, 0) is 4.79 Å². The summed E-state index contributed by atoms with van der Waals surface area (Å²) < 4.78 is 1.90. The first kappa shape index (κ1) is 12.4. The maximum absolute atomic E-state index is 12.0. The highest BCUT2D eigenvalue weighted by Gasteiger charge is 2.12. The largest absolute Gasteiger partial charge is 0.334 e. The molecule has 2 heterocycles. The lowest BCUT2D eigenvalue weighted by atomic mass is 10.2. The van der Waals surface area contributed by atoms with Gasteiger partial charge in [-0.05, 0) is 19.1 Å². The third kappa shape index (κ3) is 2.54. The highest BCUT2D eigenvalue weighted by atomic mass is 16.1. The van der Waals surface area contributed by atoms with Gasteiger partial charge in [-0.1, -0.05) is 12.1 Å². The molecule has 0 bridgehead atoms. The SMILES string of the molecule is C[C@H](CC(=O)Nc1nc2ccccc2[nH]1)n1ccnc1. The summed E-state index contributed by atoms with van der Waals surface area (Å²) in [5.41, 5.74) is 1.75. The van der Waals surface area contributed by atoms with Crippen LogP contribution in [0, 0.1) is 0 Å². The van der Waals surface area contributed by atoms with E-state index in [0.717, 1.165) is 11.0 Å². The lowest BCUT2D eigenvalue weighted by Gasteiger charge is -2.11. The van der Waals surface area contributed by atoms with Crippen molar-refractivity contribution in [3.63, 3.8) is 0 Å². The number of nitrogens with zero attached hydrogens (tertiary/aromatic N) is 3. The quantitative estimate of drug-likeness (QED) is 0.763. The van der Waals surface area contributed by atoms with Crippen molar-refractivity contribution in [1.29, 1.82) is 0 Å². The number of amides is 1. The molecule has 20 heavy (non-hydrogen) atoms. The second kappa shape index (κ2) is 5.16. The fourth-order valence-electron chi connectivity index (χ4n) is 2.10. The van der Waals surface area contributed by atoms with Crippen molar-refractivity contribution >= 4 is 22.9 Å². The van der Waals surface area contributed by atoms with Crippen LogP contribution in [0.2, 0.25) is 0 Å². The molecule has 0 saturated heterocycles. The van der Waals surface area contributed by atoms with Gasteiger partial charge in [0, 0.05) is 24.9 Å². The molecule has 0 unspecified atom stereocenters. The highest BCUT2D eigenvalue weighted by molar-refractivity contribution is 5.91. The van der Waals surface area contributed by atoms with Crippen LogP contribution in [0.15, 0.2) is 43.0 Å². The van der Waals surface area contributed by atoms with Gasteiger partial charge >= 0.3 is 0 Å². The zero-order valence-electron chi connectivity index (χ0n) is 11.1. The van der Waals surface area contributed by atoms with E-state index in [1.165, 1.54) is 0 Å². The van der Waals surface area contributed by atoms with Gasteiger partial charge in [0.25, 0.3) is 0 Å². The summed E-state index contributed by atoms with van der Waals surface area (Å²) in [6, 6.07) is 7.71. The number of hydrogen-bond acceptors (Lipinski definition) is 3. The first-order chi connectivity index (χ1) is 9.72. The fraction of sp³-hybridized carbons (Fsp3) is 0.214. The average Bonchev–Trinajstić information content (AvgIpc) is 3.07. The molecule has 3 aromatic rings. The molecule has 2 aromatic heterocycles. The second-order valence-corrected chi connectivity index (χ2v) is 4.71. The van der Waals surface area contributed by atoms with E-state index < -0.39 is 0 Å². The molecular weight excluding hydrogens is 254 g/mol. The fourth-order valence-corrected chi connectivity index (χ4v) is 2.10. The molecule has 0 aliphatic rings. The Labute approximate surface area is 115 Å². The number of hydrogen-bond donors (Lipinski definition) is 2. The van der Waals surface area contributed by atoms with Crippen LogP contribution in [0.25, 0.3) is 11.0 Å². The Kier molecular flexibility index (Phi) is 3.20. The Hall–Kier alpha value is -2.63. The molecule has 2 N–H and O–H groups in total. The van der Waals surface area contributed by atoms with Crippen LogP contribution in [0.3, 0.4) is 0 Å². The number of fused-ring (bicyclic) bond motifs is 1. The minimum atomic E-state index is -0.0785. The molecule has 0 aliphatic heterocycles. The molecule has 0 saturated carbocycles. The highest BCUT2D eigenvalue weighted by Crippen LogP contribution is 2.15. The van der Waals surface area contributed by atoms with Crippen LogP contribution >= 0.6 is 0 Å². The van der Waals surface area contributed by atoms with Crippen LogP contribution < -0.4 is 5.32 Å². The van der Waals surface area contributed by atoms with Crippen molar-refractivity contribution in [3.8, 4) is 0 Å². The maximum Gasteiger partial charge on any atom is 0.228 e. The molecule has 0 aliphatic carbocycles. The first-order valence-corrected chi connectivity index (χ1v) is 6.44. The van der Waals surface area contributed by atoms with E-state index in [4.69, 9.17) is 0 Å². The minimum absolute atomic E-state index is 0.0573. The molecule has 102 valence electrons. The number of anilines is 1. The van der Waals surface area contributed by atoms with Crippen LogP contribution in [-0.4, -0.2) is 25.4 Å². The number of carbonyl (C=O) groups is 1. The first-order valence-electron chi connectivity index (χ1n) is 6.44. The summed E-state index contributed by atoms with van der Waals surface area (Å²) in [7, 11) is 0. The van der Waals surface area contributed by atoms with Gasteiger partial charge in [0.2, 0.25) is 11.9 Å². The van der Waals surface area contributed by atoms with Gasteiger partial charge in [-0.2, -0.15) is 0 Å². The number of nitrogens with one attached hydrogen (secondary N) is 2. The van der Waals surface area contributed by atoms with Gasteiger partial charge in [-0.3, -0.25) is 10.1 Å². The molecule has 1 aromatic carbocycles. The number of aromatic amines is 1. The number of imidazole rings is 2. The van der Waals surface area contributed by atoms with Gasteiger partial charge in [0.05, 0.1) is 17.4 Å². The van der Waals surface area contributed by atoms with Crippen molar-refractivity contribution in [3.05, 3.63) is 43.0 Å². The average molecular weight is 269 g/mol. The van der Waals surface area contributed by atoms with Crippen molar-refractivity contribution in [2.24, 2.45) is 0 Å². The smallest absolute Gasteiger partial charge is 0.228 e. The number of aromatic nitrogens is 4. The standard InChI is InChI=1S/C14H15N5O/c1-10(19-7-6-15-9-19)8-13(20)18-14-16-11-4-2-3-5-12(11)17-14/h2-7,9-10H,8H2,1H3,(H2,16,17,18,20)/t10-/m1/s1. The second-order valence-electron chi connectivity index (χ2n) is 4.71. The Balaban J connectivity index is 1.66. The summed E-state index contributed by atoms with van der Waals surface area (Å²) >= 11 is 0. The molecule has 0 spiro atoms. The number of benzene rings is 1. The predicted molar refractivity (Wildman–Crippen MR) is 76.3 cm³/mol. The predicted octanol–water partition coefficient (Wildman–Crippen LogP) is 2.35. The van der Waals surface area contributed by atoms with E-state index >= 15 is 0 Å². The summed E-state index contributed by atoms with van der Waals surface area (Å²) in [4.78, 5) is 23.4. The third-order valence-corrected chi connectivity index (χ3v) is 3.16. The lowest BCUT2D eigenvalue weighted by Crippen LogP contribution is -2.17. The third-order valence-electron chi connectivity index (χ3n) is 3.16. The zero-order chi connectivity index (χ0) is 13.9. The molecule has 0 radical (unpaired) electrons. The molecule has 1 atom stereocenters. The van der Waals surface area contributed by atoms with Gasteiger partial charge in [-0.15, -0.1) is 0 Å². The number of para-hydroxylation sites is 2. The maximum atomic E-state index is 12.0. The van der Waals surface area contributed by atoms with Crippen molar-refractivity contribution in [1.82, 2.24) is 19.5 Å². The summed E-state index contributed by atoms with van der Waals surface area (Å²) in [6.07, 6.45) is 5.62. The normalized spacial score (nSPS) is 12.4. The van der Waals surface area contributed by atoms with E-state index in [-0.39, 0.29) is 11.9 Å². The van der Waals surface area contributed by atoms with Crippen LogP contribution in [0.5, 0.6) is 0 Å². The van der Waals surface area contributed by atoms with E-state index in [2.05, 4.69) is 20.3 Å². The van der Waals surface area contributed by atoms with Crippen LogP contribution in [0.1, 0.15) is 19.4 Å².